The molecule has 3 unspecified atom stereocenters. The Morgan fingerprint density at radius 1 is 1.24 bits per heavy atom. The van der Waals surface area contributed by atoms with Gasteiger partial charge in [-0.3, -0.25) is 0 Å². The molecule has 92 valence electrons. The highest BCUT2D eigenvalue weighted by Crippen LogP contribution is 2.30. The van der Waals surface area contributed by atoms with Gasteiger partial charge in [-0.15, -0.1) is 0 Å². The standard InChI is InChI=1S/C14H19NO2/c16-14-9-17-8-13(14)15-12-7-3-5-10-4-1-2-6-11(10)12/h1-2,4,6,12-16H,3,5,7-9H2. The summed E-state index contributed by atoms with van der Waals surface area (Å²) in [7, 11) is 0. The quantitative estimate of drug-likeness (QED) is 0.811. The third-order valence-electron chi connectivity index (χ3n) is 3.84. The number of fused-ring (bicyclic) bond motifs is 1. The van der Waals surface area contributed by atoms with Crippen molar-refractivity contribution in [2.45, 2.75) is 37.5 Å². The van der Waals surface area contributed by atoms with Crippen LogP contribution in [0.25, 0.3) is 0 Å². The van der Waals surface area contributed by atoms with E-state index in [1.165, 1.54) is 24.0 Å². The molecule has 1 heterocycles. The van der Waals surface area contributed by atoms with Crippen molar-refractivity contribution in [2.24, 2.45) is 0 Å². The summed E-state index contributed by atoms with van der Waals surface area (Å²) in [5.41, 5.74) is 2.85. The second-order valence-electron chi connectivity index (χ2n) is 5.02. The number of benzene rings is 1. The number of hydrogen-bond donors (Lipinski definition) is 2. The molecule has 1 aromatic rings. The molecule has 3 atom stereocenters. The van der Waals surface area contributed by atoms with E-state index < -0.39 is 0 Å². The minimum Gasteiger partial charge on any atom is -0.389 e. The maximum absolute atomic E-state index is 9.78. The van der Waals surface area contributed by atoms with Gasteiger partial charge in [0.25, 0.3) is 0 Å². The average molecular weight is 233 g/mol. The van der Waals surface area contributed by atoms with Crippen LogP contribution in [0, 0.1) is 0 Å². The van der Waals surface area contributed by atoms with E-state index in [2.05, 4.69) is 29.6 Å². The monoisotopic (exact) mass is 233 g/mol. The molecule has 1 aromatic carbocycles. The molecule has 1 aliphatic heterocycles. The largest absolute Gasteiger partial charge is 0.389 e. The van der Waals surface area contributed by atoms with E-state index in [0.29, 0.717) is 19.3 Å². The maximum Gasteiger partial charge on any atom is 0.0948 e. The molecule has 3 rings (SSSR count). The lowest BCUT2D eigenvalue weighted by molar-refractivity contribution is 0.121. The van der Waals surface area contributed by atoms with Crippen molar-refractivity contribution in [1.82, 2.24) is 5.32 Å². The third-order valence-corrected chi connectivity index (χ3v) is 3.84. The first-order valence-corrected chi connectivity index (χ1v) is 6.44. The zero-order chi connectivity index (χ0) is 11.7. The summed E-state index contributed by atoms with van der Waals surface area (Å²) in [4.78, 5) is 0. The van der Waals surface area contributed by atoms with Gasteiger partial charge in [-0.1, -0.05) is 24.3 Å². The number of aliphatic hydroxyl groups is 1. The fourth-order valence-electron chi connectivity index (χ4n) is 2.89. The normalized spacial score (nSPS) is 32.4. The topological polar surface area (TPSA) is 41.5 Å². The van der Waals surface area contributed by atoms with E-state index in [-0.39, 0.29) is 12.1 Å². The van der Waals surface area contributed by atoms with Gasteiger partial charge in [0.05, 0.1) is 25.4 Å². The van der Waals surface area contributed by atoms with Crippen LogP contribution in [-0.2, 0) is 11.2 Å². The molecule has 3 heteroatoms. The summed E-state index contributed by atoms with van der Waals surface area (Å²) in [5.74, 6) is 0. The van der Waals surface area contributed by atoms with E-state index in [0.717, 1.165) is 6.42 Å². The Labute approximate surface area is 102 Å². The molecule has 0 spiro atoms. The molecule has 0 saturated carbocycles. The smallest absolute Gasteiger partial charge is 0.0948 e. The highest BCUT2D eigenvalue weighted by atomic mass is 16.5. The van der Waals surface area contributed by atoms with Crippen LogP contribution < -0.4 is 5.32 Å². The minimum absolute atomic E-state index is 0.0890. The van der Waals surface area contributed by atoms with Gasteiger partial charge in [0.2, 0.25) is 0 Å². The van der Waals surface area contributed by atoms with E-state index in [9.17, 15) is 5.11 Å². The van der Waals surface area contributed by atoms with Gasteiger partial charge >= 0.3 is 0 Å². The Balaban J connectivity index is 1.76. The molecule has 2 aliphatic rings. The zero-order valence-electron chi connectivity index (χ0n) is 9.93. The molecule has 1 saturated heterocycles. The molecular formula is C14H19NO2. The second kappa shape index (κ2) is 4.77. The number of hydrogen-bond acceptors (Lipinski definition) is 3. The Hall–Kier alpha value is -0.900. The lowest BCUT2D eigenvalue weighted by Gasteiger charge is -2.29. The van der Waals surface area contributed by atoms with Crippen LogP contribution in [0.3, 0.4) is 0 Å². The molecule has 1 aliphatic carbocycles. The van der Waals surface area contributed by atoms with Crippen LogP contribution in [-0.4, -0.2) is 30.5 Å². The first-order valence-electron chi connectivity index (χ1n) is 6.44. The fraction of sp³-hybridized carbons (Fsp3) is 0.571. The molecular weight excluding hydrogens is 214 g/mol. The predicted molar refractivity (Wildman–Crippen MR) is 65.9 cm³/mol. The fourth-order valence-corrected chi connectivity index (χ4v) is 2.89. The summed E-state index contributed by atoms with van der Waals surface area (Å²) in [6.07, 6.45) is 3.19. The zero-order valence-corrected chi connectivity index (χ0v) is 9.93. The highest BCUT2D eigenvalue weighted by Gasteiger charge is 2.30. The summed E-state index contributed by atoms with van der Waals surface area (Å²) >= 11 is 0. The summed E-state index contributed by atoms with van der Waals surface area (Å²) in [5, 5.41) is 13.3. The molecule has 0 amide bonds. The van der Waals surface area contributed by atoms with E-state index in [4.69, 9.17) is 4.74 Å². The van der Waals surface area contributed by atoms with Gasteiger partial charge < -0.3 is 15.2 Å². The number of nitrogens with one attached hydrogen (secondary N) is 1. The summed E-state index contributed by atoms with van der Waals surface area (Å²) in [6.45, 7) is 1.09. The van der Waals surface area contributed by atoms with Gasteiger partial charge in [-0.05, 0) is 30.4 Å². The van der Waals surface area contributed by atoms with Crippen LogP contribution in [0.4, 0.5) is 0 Å². The highest BCUT2D eigenvalue weighted by molar-refractivity contribution is 5.32. The van der Waals surface area contributed by atoms with Crippen molar-refractivity contribution in [2.75, 3.05) is 13.2 Å². The molecule has 1 fully saturated rings. The Bertz CT molecular complexity index is 394. The molecule has 17 heavy (non-hydrogen) atoms. The number of rotatable bonds is 2. The Morgan fingerprint density at radius 3 is 2.94 bits per heavy atom. The van der Waals surface area contributed by atoms with Gasteiger partial charge in [0, 0.05) is 6.04 Å². The van der Waals surface area contributed by atoms with Crippen molar-refractivity contribution in [3.63, 3.8) is 0 Å². The van der Waals surface area contributed by atoms with Crippen molar-refractivity contribution in [3.8, 4) is 0 Å². The van der Waals surface area contributed by atoms with Crippen molar-refractivity contribution < 1.29 is 9.84 Å². The summed E-state index contributed by atoms with van der Waals surface area (Å²) in [6, 6.07) is 9.08. The van der Waals surface area contributed by atoms with Crippen LogP contribution in [0.1, 0.15) is 30.0 Å². The molecule has 0 radical (unpaired) electrons. The van der Waals surface area contributed by atoms with Crippen LogP contribution in [0.15, 0.2) is 24.3 Å². The van der Waals surface area contributed by atoms with Crippen LogP contribution in [0.2, 0.25) is 0 Å². The molecule has 0 aromatic heterocycles. The van der Waals surface area contributed by atoms with Gasteiger partial charge in [0.1, 0.15) is 0 Å². The van der Waals surface area contributed by atoms with E-state index >= 15 is 0 Å². The molecule has 2 N–H and O–H groups in total. The van der Waals surface area contributed by atoms with Gasteiger partial charge in [-0.25, -0.2) is 0 Å². The molecule has 0 bridgehead atoms. The van der Waals surface area contributed by atoms with Crippen LogP contribution >= 0.6 is 0 Å². The Morgan fingerprint density at radius 2 is 2.12 bits per heavy atom. The predicted octanol–water partition coefficient (Wildman–Crippen LogP) is 1.41. The SMILES string of the molecule is OC1COCC1NC1CCCc2ccccc21. The lowest BCUT2D eigenvalue weighted by atomic mass is 9.87. The van der Waals surface area contributed by atoms with Gasteiger partial charge in [0.15, 0.2) is 0 Å². The molecule has 3 nitrogen and oxygen atoms in total. The Kier molecular flexibility index (Phi) is 3.14. The first-order chi connectivity index (χ1) is 8.34. The van der Waals surface area contributed by atoms with E-state index in [1.807, 2.05) is 0 Å². The summed E-state index contributed by atoms with van der Waals surface area (Å²) < 4.78 is 5.29. The number of aliphatic hydroxyl groups excluding tert-OH is 1. The second-order valence-corrected chi connectivity index (χ2v) is 5.02. The maximum atomic E-state index is 9.78. The number of ether oxygens (including phenoxy) is 1. The van der Waals surface area contributed by atoms with Crippen molar-refractivity contribution >= 4 is 0 Å². The van der Waals surface area contributed by atoms with Crippen molar-refractivity contribution in [3.05, 3.63) is 35.4 Å². The minimum atomic E-state index is -0.357. The first kappa shape index (κ1) is 11.2. The average Bonchev–Trinajstić information content (AvgIpc) is 2.76. The third kappa shape index (κ3) is 2.23. The van der Waals surface area contributed by atoms with Gasteiger partial charge in [-0.2, -0.15) is 0 Å². The van der Waals surface area contributed by atoms with E-state index in [1.54, 1.807) is 0 Å². The van der Waals surface area contributed by atoms with Crippen LogP contribution in [0.5, 0.6) is 0 Å². The number of aryl methyl sites for hydroxylation is 1. The lowest BCUT2D eigenvalue weighted by Crippen LogP contribution is -2.42. The van der Waals surface area contributed by atoms with Crippen molar-refractivity contribution in [1.29, 1.82) is 0 Å².